The molecule has 0 saturated carbocycles. The third-order valence-corrected chi connectivity index (χ3v) is 7.57. The van der Waals surface area contributed by atoms with Gasteiger partial charge in [0.1, 0.15) is 12.4 Å². The van der Waals surface area contributed by atoms with Gasteiger partial charge in [0.25, 0.3) is 11.7 Å². The molecular weight excluding hydrogens is 435 g/mol. The number of nitrogens with zero attached hydrogens (tertiary/aromatic N) is 2. The molecule has 2 aromatic rings. The van der Waals surface area contributed by atoms with Crippen LogP contribution in [0.1, 0.15) is 28.8 Å². The Morgan fingerprint density at radius 1 is 1.16 bits per heavy atom. The molecule has 0 aliphatic carbocycles. The fourth-order valence-corrected chi connectivity index (χ4v) is 5.76. The first kappa shape index (κ1) is 22.1. The van der Waals surface area contributed by atoms with Gasteiger partial charge in [-0.1, -0.05) is 18.1 Å². The lowest BCUT2D eigenvalue weighted by Crippen LogP contribution is -2.38. The second-order valence-corrected chi connectivity index (χ2v) is 9.55. The Labute approximate surface area is 185 Å². The summed E-state index contributed by atoms with van der Waals surface area (Å²) in [7, 11) is -3.89. The van der Waals surface area contributed by atoms with E-state index in [2.05, 4.69) is 5.92 Å². The smallest absolute Gasteiger partial charge is 0.299 e. The summed E-state index contributed by atoms with van der Waals surface area (Å²) < 4.78 is 46.4. The van der Waals surface area contributed by atoms with Crippen molar-refractivity contribution in [3.8, 4) is 12.3 Å². The minimum absolute atomic E-state index is 0.0394. The van der Waals surface area contributed by atoms with Gasteiger partial charge in [-0.15, -0.1) is 6.42 Å². The fourth-order valence-electron chi connectivity index (χ4n) is 4.05. The zero-order valence-electron chi connectivity index (χ0n) is 17.2. The number of ether oxygens (including phenoxy) is 1. The molecule has 4 rings (SSSR count). The number of anilines is 1. The molecule has 1 unspecified atom stereocenters. The number of hydrogen-bond acceptors (Lipinski definition) is 5. The van der Waals surface area contributed by atoms with Crippen molar-refractivity contribution in [1.29, 1.82) is 0 Å². The maximum atomic E-state index is 13.3. The number of carbonyl (C=O) groups is 2. The second-order valence-electron chi connectivity index (χ2n) is 7.66. The molecule has 7 nitrogen and oxygen atoms in total. The van der Waals surface area contributed by atoms with Crippen LogP contribution in [0.2, 0.25) is 0 Å². The number of carbonyl (C=O) groups excluding carboxylic acids is 2. The van der Waals surface area contributed by atoms with E-state index in [1.54, 1.807) is 0 Å². The SMILES string of the molecule is C#CCOCC1CCCN1S(=O)(=O)c1ccc2c(c1)C(=O)C(=O)N2Cc1ccc(F)cc1. The molecule has 1 amide bonds. The molecule has 166 valence electrons. The predicted molar refractivity (Wildman–Crippen MR) is 115 cm³/mol. The van der Waals surface area contributed by atoms with Gasteiger partial charge < -0.3 is 9.64 Å². The highest BCUT2D eigenvalue weighted by molar-refractivity contribution is 7.89. The van der Waals surface area contributed by atoms with Gasteiger partial charge in [-0.25, -0.2) is 12.8 Å². The predicted octanol–water partition coefficient (Wildman–Crippen LogP) is 2.36. The van der Waals surface area contributed by atoms with Crippen molar-refractivity contribution in [1.82, 2.24) is 4.31 Å². The van der Waals surface area contributed by atoms with Crippen LogP contribution in [0.3, 0.4) is 0 Å². The molecule has 2 aromatic carbocycles. The summed E-state index contributed by atoms with van der Waals surface area (Å²) in [5.41, 5.74) is 1.01. The van der Waals surface area contributed by atoms with E-state index in [0.29, 0.717) is 30.6 Å². The number of hydrogen-bond donors (Lipinski definition) is 0. The van der Waals surface area contributed by atoms with Gasteiger partial charge in [0, 0.05) is 12.6 Å². The molecule has 0 radical (unpaired) electrons. The maximum Gasteiger partial charge on any atom is 0.299 e. The van der Waals surface area contributed by atoms with E-state index in [0.717, 1.165) is 0 Å². The lowest BCUT2D eigenvalue weighted by molar-refractivity contribution is -0.114. The molecule has 0 bridgehead atoms. The average molecular weight is 456 g/mol. The highest BCUT2D eigenvalue weighted by atomic mass is 32.2. The van der Waals surface area contributed by atoms with Crippen LogP contribution >= 0.6 is 0 Å². The van der Waals surface area contributed by atoms with Crippen LogP contribution in [0.25, 0.3) is 0 Å². The number of ketones is 1. The van der Waals surface area contributed by atoms with Crippen LogP contribution < -0.4 is 4.90 Å². The van der Waals surface area contributed by atoms with Crippen LogP contribution in [0.15, 0.2) is 47.4 Å². The highest BCUT2D eigenvalue weighted by Gasteiger charge is 2.39. The first-order chi connectivity index (χ1) is 15.3. The molecule has 32 heavy (non-hydrogen) atoms. The zero-order valence-corrected chi connectivity index (χ0v) is 18.0. The van der Waals surface area contributed by atoms with E-state index >= 15 is 0 Å². The Bertz CT molecular complexity index is 1200. The number of terminal acetylenes is 1. The lowest BCUT2D eigenvalue weighted by Gasteiger charge is -2.24. The van der Waals surface area contributed by atoms with E-state index in [4.69, 9.17) is 11.2 Å². The van der Waals surface area contributed by atoms with Crippen molar-refractivity contribution in [2.75, 3.05) is 24.7 Å². The maximum absolute atomic E-state index is 13.3. The summed E-state index contributed by atoms with van der Waals surface area (Å²) in [5, 5.41) is 0. The fraction of sp³-hybridized carbons (Fsp3) is 0.304. The van der Waals surface area contributed by atoms with Crippen LogP contribution in [0, 0.1) is 18.2 Å². The van der Waals surface area contributed by atoms with Crippen LogP contribution in [-0.4, -0.2) is 50.2 Å². The molecule has 2 aliphatic heterocycles. The van der Waals surface area contributed by atoms with Crippen molar-refractivity contribution in [3.05, 3.63) is 59.4 Å². The third-order valence-electron chi connectivity index (χ3n) is 5.62. The Hall–Kier alpha value is -3.06. The Kier molecular flexibility index (Phi) is 6.11. The van der Waals surface area contributed by atoms with Crippen LogP contribution in [-0.2, 0) is 26.1 Å². The molecule has 1 saturated heterocycles. The molecule has 0 aromatic heterocycles. The van der Waals surface area contributed by atoms with Gasteiger partial charge >= 0.3 is 0 Å². The van der Waals surface area contributed by atoms with Crippen molar-refractivity contribution in [2.45, 2.75) is 30.3 Å². The van der Waals surface area contributed by atoms with Gasteiger partial charge in [0.05, 0.1) is 29.3 Å². The molecule has 1 atom stereocenters. The highest BCUT2D eigenvalue weighted by Crippen LogP contribution is 2.34. The second kappa shape index (κ2) is 8.82. The first-order valence-electron chi connectivity index (χ1n) is 10.1. The van der Waals surface area contributed by atoms with Crippen molar-refractivity contribution >= 4 is 27.4 Å². The topological polar surface area (TPSA) is 84.0 Å². The van der Waals surface area contributed by atoms with E-state index < -0.39 is 27.5 Å². The standard InChI is InChI=1S/C23H21FN2O5S/c1-2-12-31-15-18-4-3-11-26(18)32(29,30)19-9-10-21-20(13-19)22(27)23(28)25(21)14-16-5-7-17(24)8-6-16/h1,5-10,13,18H,3-4,11-12,14-15H2. The van der Waals surface area contributed by atoms with E-state index in [9.17, 15) is 22.4 Å². The Balaban J connectivity index is 1.60. The van der Waals surface area contributed by atoms with E-state index in [1.165, 1.54) is 51.7 Å². The van der Waals surface area contributed by atoms with E-state index in [1.807, 2.05) is 0 Å². The Morgan fingerprint density at radius 2 is 1.91 bits per heavy atom. The van der Waals surface area contributed by atoms with Crippen molar-refractivity contribution < 1.29 is 27.1 Å². The Morgan fingerprint density at radius 3 is 2.62 bits per heavy atom. The molecule has 2 aliphatic rings. The molecule has 0 N–H and O–H groups in total. The first-order valence-corrected chi connectivity index (χ1v) is 11.5. The summed E-state index contributed by atoms with van der Waals surface area (Å²) in [6, 6.07) is 9.38. The third kappa shape index (κ3) is 4.05. The minimum Gasteiger partial charge on any atom is -0.367 e. The van der Waals surface area contributed by atoms with Gasteiger partial charge in [0.15, 0.2) is 0 Å². The summed E-state index contributed by atoms with van der Waals surface area (Å²) in [6.07, 6.45) is 6.52. The normalized spacial score (nSPS) is 18.8. The number of Topliss-reactive ketones (excluding diaryl/α,β-unsaturated/α-hetero) is 1. The monoisotopic (exact) mass is 456 g/mol. The summed E-state index contributed by atoms with van der Waals surface area (Å²) in [4.78, 5) is 26.4. The number of halogens is 1. The van der Waals surface area contributed by atoms with Crippen molar-refractivity contribution in [2.24, 2.45) is 0 Å². The van der Waals surface area contributed by atoms with Gasteiger partial charge in [-0.2, -0.15) is 4.31 Å². The quantitative estimate of drug-likeness (QED) is 0.363. The largest absolute Gasteiger partial charge is 0.367 e. The summed E-state index contributed by atoms with van der Waals surface area (Å²) >= 11 is 0. The molecule has 2 heterocycles. The number of rotatable bonds is 7. The van der Waals surface area contributed by atoms with Crippen LogP contribution in [0.5, 0.6) is 0 Å². The van der Waals surface area contributed by atoms with Crippen LogP contribution in [0.4, 0.5) is 10.1 Å². The zero-order chi connectivity index (χ0) is 22.9. The average Bonchev–Trinajstić information content (AvgIpc) is 3.35. The summed E-state index contributed by atoms with van der Waals surface area (Å²) in [6.45, 7) is 0.707. The van der Waals surface area contributed by atoms with E-state index in [-0.39, 0.29) is 36.3 Å². The molecule has 9 heteroatoms. The summed E-state index contributed by atoms with van der Waals surface area (Å²) in [5.74, 6) is 0.432. The molecule has 1 fully saturated rings. The number of benzene rings is 2. The molecular formula is C23H21FN2O5S. The van der Waals surface area contributed by atoms with Gasteiger partial charge in [0.2, 0.25) is 10.0 Å². The van der Waals surface area contributed by atoms with Gasteiger partial charge in [-0.3, -0.25) is 9.59 Å². The number of sulfonamides is 1. The lowest BCUT2D eigenvalue weighted by atomic mass is 10.1. The molecule has 0 spiro atoms. The number of amides is 1. The number of fused-ring (bicyclic) bond motifs is 1. The van der Waals surface area contributed by atoms with Gasteiger partial charge in [-0.05, 0) is 48.7 Å². The minimum atomic E-state index is -3.89. The van der Waals surface area contributed by atoms with Crippen molar-refractivity contribution in [3.63, 3.8) is 0 Å².